The second-order valence-corrected chi connectivity index (χ2v) is 7.85. The number of ether oxygens (including phenoxy) is 3. The zero-order valence-corrected chi connectivity index (χ0v) is 19.3. The van der Waals surface area contributed by atoms with Gasteiger partial charge >= 0.3 is 0 Å². The number of nitro benzene ring substituents is 1. The molecule has 3 rings (SSSR count). The monoisotopic (exact) mass is 487 g/mol. The highest BCUT2D eigenvalue weighted by atomic mass is 32.2. The molecule has 0 spiro atoms. The highest BCUT2D eigenvalue weighted by molar-refractivity contribution is 8.18. The number of hydrogen-bond acceptors (Lipinski definition) is 9. The normalized spacial score (nSPS) is 14.3. The van der Waals surface area contributed by atoms with Crippen molar-refractivity contribution in [1.29, 1.82) is 0 Å². The standard InChI is InChI=1S/C22H21N3O8S/c1-31-16-10-13(11-17(32-2)19(16)33-3)12-18-21(27)24(22(28)34-18)9-8-23-20(26)14-4-6-15(7-5-14)25(29)30/h4-7,10-12H,8-9H2,1-3H3,(H,23,26). The lowest BCUT2D eigenvalue weighted by atomic mass is 10.1. The minimum atomic E-state index is -0.562. The maximum absolute atomic E-state index is 12.8. The van der Waals surface area contributed by atoms with Crippen LogP contribution in [0.4, 0.5) is 10.5 Å². The first-order chi connectivity index (χ1) is 16.3. The van der Waals surface area contributed by atoms with Gasteiger partial charge < -0.3 is 19.5 Å². The summed E-state index contributed by atoms with van der Waals surface area (Å²) in [6.45, 7) is -0.0126. The van der Waals surface area contributed by atoms with Crippen LogP contribution < -0.4 is 19.5 Å². The van der Waals surface area contributed by atoms with Gasteiger partial charge in [-0.05, 0) is 47.7 Å². The summed E-state index contributed by atoms with van der Waals surface area (Å²) in [5, 5.41) is 12.8. The SMILES string of the molecule is COc1cc(C=C2SC(=O)N(CCNC(=O)c3ccc([N+](=O)[O-])cc3)C2=O)cc(OC)c1OC. The molecule has 12 heteroatoms. The lowest BCUT2D eigenvalue weighted by Gasteiger charge is -2.13. The molecule has 2 aromatic rings. The Labute approximate surface area is 198 Å². The molecule has 3 amide bonds. The fourth-order valence-electron chi connectivity index (χ4n) is 3.15. The Morgan fingerprint density at radius 3 is 2.24 bits per heavy atom. The van der Waals surface area contributed by atoms with Crippen LogP contribution in [0, 0.1) is 10.1 Å². The Balaban J connectivity index is 1.66. The van der Waals surface area contributed by atoms with Crippen molar-refractivity contribution in [2.45, 2.75) is 0 Å². The minimum Gasteiger partial charge on any atom is -0.493 e. The number of non-ortho nitro benzene ring substituents is 1. The summed E-state index contributed by atoms with van der Waals surface area (Å²) in [5.74, 6) is 0.241. The second kappa shape index (κ2) is 10.7. The molecule has 1 aliphatic rings. The zero-order valence-electron chi connectivity index (χ0n) is 18.5. The summed E-state index contributed by atoms with van der Waals surface area (Å²) >= 11 is 0.782. The van der Waals surface area contributed by atoms with Gasteiger partial charge in [0.25, 0.3) is 22.7 Å². The highest BCUT2D eigenvalue weighted by Gasteiger charge is 2.34. The number of nitro groups is 1. The predicted octanol–water partition coefficient (Wildman–Crippen LogP) is 3.09. The summed E-state index contributed by atoms with van der Waals surface area (Å²) in [7, 11) is 4.42. The first-order valence-corrected chi connectivity index (χ1v) is 10.7. The fourth-order valence-corrected chi connectivity index (χ4v) is 4.01. The van der Waals surface area contributed by atoms with Crippen molar-refractivity contribution in [3.8, 4) is 17.2 Å². The third-order valence-corrected chi connectivity index (χ3v) is 5.73. The van der Waals surface area contributed by atoms with E-state index in [2.05, 4.69) is 5.32 Å². The molecule has 0 unspecified atom stereocenters. The first kappa shape index (κ1) is 24.6. The summed E-state index contributed by atoms with van der Waals surface area (Å²) in [6, 6.07) is 8.40. The molecule has 0 radical (unpaired) electrons. The van der Waals surface area contributed by atoms with Crippen molar-refractivity contribution in [3.63, 3.8) is 0 Å². The molecule has 178 valence electrons. The van der Waals surface area contributed by atoms with Crippen LogP contribution in [0.25, 0.3) is 6.08 Å². The summed E-state index contributed by atoms with van der Waals surface area (Å²) in [5.41, 5.74) is 0.668. The number of methoxy groups -OCH3 is 3. The van der Waals surface area contributed by atoms with Gasteiger partial charge in [-0.2, -0.15) is 0 Å². The van der Waals surface area contributed by atoms with Crippen molar-refractivity contribution >= 4 is 40.6 Å². The van der Waals surface area contributed by atoms with Crippen molar-refractivity contribution in [2.75, 3.05) is 34.4 Å². The number of imide groups is 1. The molecule has 2 aromatic carbocycles. The van der Waals surface area contributed by atoms with Gasteiger partial charge in [0.05, 0.1) is 31.2 Å². The Hall–Kier alpha value is -4.06. The van der Waals surface area contributed by atoms with E-state index in [9.17, 15) is 24.5 Å². The predicted molar refractivity (Wildman–Crippen MR) is 124 cm³/mol. The van der Waals surface area contributed by atoms with E-state index in [1.165, 1.54) is 45.6 Å². The van der Waals surface area contributed by atoms with Crippen molar-refractivity contribution in [3.05, 3.63) is 62.5 Å². The number of benzene rings is 2. The molecule has 0 aromatic heterocycles. The van der Waals surface area contributed by atoms with Crippen LogP contribution in [0.3, 0.4) is 0 Å². The molecule has 11 nitrogen and oxygen atoms in total. The van der Waals surface area contributed by atoms with Gasteiger partial charge in [-0.15, -0.1) is 0 Å². The Morgan fingerprint density at radius 2 is 1.71 bits per heavy atom. The molecule has 1 heterocycles. The molecule has 0 saturated carbocycles. The van der Waals surface area contributed by atoms with Crippen molar-refractivity contribution in [2.24, 2.45) is 0 Å². The number of rotatable bonds is 9. The molecular weight excluding hydrogens is 466 g/mol. The Kier molecular flexibility index (Phi) is 7.74. The zero-order chi connectivity index (χ0) is 24.8. The van der Waals surface area contributed by atoms with Crippen LogP contribution in [0.2, 0.25) is 0 Å². The van der Waals surface area contributed by atoms with E-state index >= 15 is 0 Å². The van der Waals surface area contributed by atoms with E-state index in [1.807, 2.05) is 0 Å². The van der Waals surface area contributed by atoms with Crippen LogP contribution in [0.5, 0.6) is 17.2 Å². The average Bonchev–Trinajstić information content (AvgIpc) is 3.10. The number of hydrogen-bond donors (Lipinski definition) is 1. The van der Waals surface area contributed by atoms with E-state index in [1.54, 1.807) is 18.2 Å². The number of amides is 3. The third kappa shape index (κ3) is 5.29. The molecule has 0 aliphatic carbocycles. The number of thioether (sulfide) groups is 1. The fraction of sp³-hybridized carbons (Fsp3) is 0.227. The summed E-state index contributed by atoms with van der Waals surface area (Å²) in [6.07, 6.45) is 1.55. The molecule has 34 heavy (non-hydrogen) atoms. The van der Waals surface area contributed by atoms with Crippen LogP contribution in [0.15, 0.2) is 41.3 Å². The summed E-state index contributed by atoms with van der Waals surface area (Å²) in [4.78, 5) is 48.7. The molecule has 1 aliphatic heterocycles. The smallest absolute Gasteiger partial charge is 0.293 e. The van der Waals surface area contributed by atoms with Gasteiger partial charge in [-0.1, -0.05) is 0 Å². The van der Waals surface area contributed by atoms with Gasteiger partial charge in [-0.25, -0.2) is 0 Å². The Bertz CT molecular complexity index is 1140. The van der Waals surface area contributed by atoms with Crippen molar-refractivity contribution < 1.29 is 33.5 Å². The van der Waals surface area contributed by atoms with Crippen LogP contribution in [0.1, 0.15) is 15.9 Å². The van der Waals surface area contributed by atoms with Crippen LogP contribution >= 0.6 is 11.8 Å². The van der Waals surface area contributed by atoms with E-state index in [-0.39, 0.29) is 29.2 Å². The van der Waals surface area contributed by atoms with Crippen LogP contribution in [-0.4, -0.2) is 61.3 Å². The number of carbonyl (C=O) groups is 3. The second-order valence-electron chi connectivity index (χ2n) is 6.85. The number of carbonyl (C=O) groups excluding carboxylic acids is 3. The van der Waals surface area contributed by atoms with Gasteiger partial charge in [0.1, 0.15) is 0 Å². The quantitative estimate of drug-likeness (QED) is 0.321. The molecular formula is C22H21N3O8S. The van der Waals surface area contributed by atoms with Gasteiger partial charge in [-0.3, -0.25) is 29.4 Å². The van der Waals surface area contributed by atoms with E-state index in [0.29, 0.717) is 22.8 Å². The van der Waals surface area contributed by atoms with Gasteiger partial charge in [0, 0.05) is 30.8 Å². The average molecular weight is 487 g/mol. The van der Waals surface area contributed by atoms with E-state index in [4.69, 9.17) is 14.2 Å². The molecule has 1 fully saturated rings. The number of nitrogens with zero attached hydrogens (tertiary/aromatic N) is 2. The highest BCUT2D eigenvalue weighted by Crippen LogP contribution is 2.40. The maximum Gasteiger partial charge on any atom is 0.293 e. The topological polar surface area (TPSA) is 137 Å². The number of nitrogens with one attached hydrogen (secondary N) is 1. The van der Waals surface area contributed by atoms with E-state index in [0.717, 1.165) is 16.7 Å². The molecule has 0 bridgehead atoms. The first-order valence-electron chi connectivity index (χ1n) is 9.87. The molecule has 1 N–H and O–H groups in total. The lowest BCUT2D eigenvalue weighted by molar-refractivity contribution is -0.384. The Morgan fingerprint density at radius 1 is 1.09 bits per heavy atom. The minimum absolute atomic E-state index is 0.0192. The molecule has 0 atom stereocenters. The lowest BCUT2D eigenvalue weighted by Crippen LogP contribution is -2.37. The van der Waals surface area contributed by atoms with Gasteiger partial charge in [0.2, 0.25) is 5.75 Å². The van der Waals surface area contributed by atoms with E-state index < -0.39 is 22.0 Å². The maximum atomic E-state index is 12.8. The largest absolute Gasteiger partial charge is 0.493 e. The third-order valence-electron chi connectivity index (χ3n) is 4.82. The summed E-state index contributed by atoms with van der Waals surface area (Å²) < 4.78 is 15.9. The van der Waals surface area contributed by atoms with Gasteiger partial charge in [0.15, 0.2) is 11.5 Å². The van der Waals surface area contributed by atoms with Crippen molar-refractivity contribution in [1.82, 2.24) is 10.2 Å². The van der Waals surface area contributed by atoms with Crippen LogP contribution in [-0.2, 0) is 4.79 Å². The molecule has 1 saturated heterocycles.